The number of hydrogen-bond donors (Lipinski definition) is 0. The second-order valence-electron chi connectivity index (χ2n) is 8.24. The molecule has 1 fully saturated rings. The molecule has 4 aromatic rings. The van der Waals surface area contributed by atoms with Gasteiger partial charge in [0.15, 0.2) is 0 Å². The number of fused-ring (bicyclic) bond motifs is 1. The molecule has 0 unspecified atom stereocenters. The average molecular weight is 447 g/mol. The Morgan fingerprint density at radius 2 is 1.94 bits per heavy atom. The van der Waals surface area contributed by atoms with Gasteiger partial charge in [0.2, 0.25) is 0 Å². The first-order chi connectivity index (χ1) is 15.5. The topological polar surface area (TPSA) is 54.0 Å². The summed E-state index contributed by atoms with van der Waals surface area (Å²) < 4.78 is 11.1. The van der Waals surface area contributed by atoms with E-state index in [0.717, 1.165) is 40.7 Å². The molecule has 2 aromatic heterocycles. The third-order valence-electron chi connectivity index (χ3n) is 6.05. The molecule has 2 aromatic carbocycles. The van der Waals surface area contributed by atoms with Crippen molar-refractivity contribution in [2.24, 2.45) is 14.1 Å². The molecule has 0 atom stereocenters. The summed E-state index contributed by atoms with van der Waals surface area (Å²) in [4.78, 5) is 17.0. The number of ether oxygens (including phenoxy) is 1. The van der Waals surface area contributed by atoms with Crippen LogP contribution in [0.4, 0.5) is 0 Å². The maximum atomic E-state index is 12.3. The molecule has 0 radical (unpaired) electrons. The van der Waals surface area contributed by atoms with E-state index in [9.17, 15) is 4.79 Å². The number of nitrogens with zero attached hydrogens (tertiary/aromatic N) is 4. The number of rotatable bonds is 6. The number of aryl methyl sites for hydroxylation is 2. The van der Waals surface area contributed by atoms with E-state index in [4.69, 9.17) is 27.7 Å². The SMILES string of the molecule is C#CCOc1ccc(Cl)c(-c2ncn(Cc3ccc4c(c3)n(C)c(=O)n4C)c2C2CC2)c1. The zero-order chi connectivity index (χ0) is 22.4. The van der Waals surface area contributed by atoms with E-state index >= 15 is 0 Å². The summed E-state index contributed by atoms with van der Waals surface area (Å²) in [5, 5.41) is 0.630. The Morgan fingerprint density at radius 1 is 1.16 bits per heavy atom. The molecule has 1 aliphatic rings. The summed E-state index contributed by atoms with van der Waals surface area (Å²) >= 11 is 6.55. The van der Waals surface area contributed by atoms with Crippen LogP contribution in [-0.4, -0.2) is 25.3 Å². The number of hydrogen-bond acceptors (Lipinski definition) is 3. The van der Waals surface area contributed by atoms with E-state index in [0.29, 0.717) is 23.2 Å². The van der Waals surface area contributed by atoms with Crippen molar-refractivity contribution in [2.45, 2.75) is 25.3 Å². The summed E-state index contributed by atoms with van der Waals surface area (Å²) in [6.45, 7) is 0.873. The van der Waals surface area contributed by atoms with Crippen molar-refractivity contribution in [1.29, 1.82) is 0 Å². The molecule has 1 saturated carbocycles. The van der Waals surface area contributed by atoms with Crippen molar-refractivity contribution >= 4 is 22.6 Å². The Morgan fingerprint density at radius 3 is 2.69 bits per heavy atom. The van der Waals surface area contributed by atoms with Crippen LogP contribution in [-0.2, 0) is 20.6 Å². The van der Waals surface area contributed by atoms with Gasteiger partial charge in [0, 0.05) is 37.8 Å². The zero-order valence-corrected chi connectivity index (χ0v) is 18.8. The van der Waals surface area contributed by atoms with Crippen LogP contribution in [0.25, 0.3) is 22.3 Å². The van der Waals surface area contributed by atoms with Gasteiger partial charge in [-0.2, -0.15) is 0 Å². The Labute approximate surface area is 191 Å². The lowest BCUT2D eigenvalue weighted by Gasteiger charge is -2.12. The first-order valence-corrected chi connectivity index (χ1v) is 10.9. The Kier molecular flexibility index (Phi) is 5.07. The van der Waals surface area contributed by atoms with Gasteiger partial charge in [-0.1, -0.05) is 23.6 Å². The molecule has 162 valence electrons. The summed E-state index contributed by atoms with van der Waals surface area (Å²) in [5.41, 5.74) is 5.85. The third kappa shape index (κ3) is 3.49. The van der Waals surface area contributed by atoms with Gasteiger partial charge < -0.3 is 9.30 Å². The number of terminal acetylenes is 1. The smallest absolute Gasteiger partial charge is 0.328 e. The lowest BCUT2D eigenvalue weighted by atomic mass is 10.1. The van der Waals surface area contributed by atoms with Gasteiger partial charge in [-0.05, 0) is 48.7 Å². The predicted octanol–water partition coefficient (Wildman–Crippen LogP) is 4.33. The van der Waals surface area contributed by atoms with Crippen molar-refractivity contribution in [3.63, 3.8) is 0 Å². The minimum atomic E-state index is -0.0256. The fraction of sp³-hybridized carbons (Fsp3) is 0.280. The fourth-order valence-corrected chi connectivity index (χ4v) is 4.47. The van der Waals surface area contributed by atoms with Gasteiger partial charge >= 0.3 is 5.69 Å². The van der Waals surface area contributed by atoms with E-state index in [1.165, 1.54) is 5.69 Å². The minimum Gasteiger partial charge on any atom is -0.481 e. The van der Waals surface area contributed by atoms with E-state index in [2.05, 4.69) is 22.6 Å². The zero-order valence-electron chi connectivity index (χ0n) is 18.0. The molecule has 0 N–H and O–H groups in total. The van der Waals surface area contributed by atoms with Gasteiger partial charge in [0.25, 0.3) is 0 Å². The Hall–Kier alpha value is -3.43. The van der Waals surface area contributed by atoms with Gasteiger partial charge in [0.1, 0.15) is 12.4 Å². The largest absolute Gasteiger partial charge is 0.481 e. The molecule has 0 aliphatic heterocycles. The third-order valence-corrected chi connectivity index (χ3v) is 6.38. The fourth-order valence-electron chi connectivity index (χ4n) is 4.26. The van der Waals surface area contributed by atoms with Crippen LogP contribution in [0.5, 0.6) is 5.75 Å². The Bertz CT molecular complexity index is 1430. The van der Waals surface area contributed by atoms with Crippen molar-refractivity contribution < 1.29 is 4.74 Å². The summed E-state index contributed by atoms with van der Waals surface area (Å²) in [7, 11) is 3.60. The predicted molar refractivity (Wildman–Crippen MR) is 126 cm³/mol. The second kappa shape index (κ2) is 7.92. The summed E-state index contributed by atoms with van der Waals surface area (Å²) in [6, 6.07) is 11.7. The molecule has 0 amide bonds. The van der Waals surface area contributed by atoms with Crippen LogP contribution < -0.4 is 10.4 Å². The molecule has 32 heavy (non-hydrogen) atoms. The maximum absolute atomic E-state index is 12.3. The molecule has 0 bridgehead atoms. The highest BCUT2D eigenvalue weighted by Crippen LogP contribution is 2.45. The number of aromatic nitrogens is 4. The normalized spacial score (nSPS) is 13.4. The van der Waals surface area contributed by atoms with Gasteiger partial charge in [0.05, 0.1) is 28.1 Å². The van der Waals surface area contributed by atoms with Crippen LogP contribution in [0.1, 0.15) is 30.0 Å². The van der Waals surface area contributed by atoms with Crippen LogP contribution in [0.3, 0.4) is 0 Å². The highest BCUT2D eigenvalue weighted by molar-refractivity contribution is 6.33. The molecule has 2 heterocycles. The molecular formula is C25H23ClN4O2. The van der Waals surface area contributed by atoms with Gasteiger partial charge in [-0.25, -0.2) is 9.78 Å². The van der Waals surface area contributed by atoms with E-state index < -0.39 is 0 Å². The quantitative estimate of drug-likeness (QED) is 0.414. The first-order valence-electron chi connectivity index (χ1n) is 10.5. The van der Waals surface area contributed by atoms with Gasteiger partial charge in [-0.3, -0.25) is 9.13 Å². The van der Waals surface area contributed by atoms with Crippen LogP contribution in [0, 0.1) is 12.3 Å². The first kappa shape index (κ1) is 20.5. The van der Waals surface area contributed by atoms with Crippen LogP contribution >= 0.6 is 11.6 Å². The van der Waals surface area contributed by atoms with E-state index in [1.807, 2.05) is 30.6 Å². The summed E-state index contributed by atoms with van der Waals surface area (Å²) in [5.74, 6) is 3.62. The van der Waals surface area contributed by atoms with Crippen molar-refractivity contribution in [1.82, 2.24) is 18.7 Å². The second-order valence-corrected chi connectivity index (χ2v) is 8.65. The van der Waals surface area contributed by atoms with Crippen molar-refractivity contribution in [3.05, 3.63) is 69.5 Å². The molecule has 5 rings (SSSR count). The molecule has 0 saturated heterocycles. The summed E-state index contributed by atoms with van der Waals surface area (Å²) in [6.07, 6.45) is 9.47. The molecule has 6 nitrogen and oxygen atoms in total. The number of halogens is 1. The van der Waals surface area contributed by atoms with Crippen LogP contribution in [0.2, 0.25) is 5.02 Å². The molecule has 1 aliphatic carbocycles. The van der Waals surface area contributed by atoms with Crippen LogP contribution in [0.15, 0.2) is 47.5 Å². The minimum absolute atomic E-state index is 0.0256. The van der Waals surface area contributed by atoms with E-state index in [1.54, 1.807) is 23.2 Å². The van der Waals surface area contributed by atoms with Gasteiger partial charge in [-0.15, -0.1) is 6.42 Å². The highest BCUT2D eigenvalue weighted by Gasteiger charge is 2.31. The molecule has 7 heteroatoms. The Balaban J connectivity index is 1.54. The number of benzene rings is 2. The molecule has 0 spiro atoms. The lowest BCUT2D eigenvalue weighted by molar-refractivity contribution is 0.370. The average Bonchev–Trinajstić information content (AvgIpc) is 3.52. The highest BCUT2D eigenvalue weighted by atomic mass is 35.5. The van der Waals surface area contributed by atoms with Crippen molar-refractivity contribution in [3.8, 4) is 29.4 Å². The van der Waals surface area contributed by atoms with E-state index in [-0.39, 0.29) is 12.3 Å². The molecular weight excluding hydrogens is 424 g/mol. The monoisotopic (exact) mass is 446 g/mol. The van der Waals surface area contributed by atoms with Crippen molar-refractivity contribution in [2.75, 3.05) is 6.61 Å². The standard InChI is InChI=1S/C25H23ClN4O2/c1-4-11-32-18-8-9-20(26)19(13-18)23-24(17-6-7-17)30(15-27-23)14-16-5-10-21-22(12-16)29(3)25(31)28(21)2/h1,5,8-10,12-13,15,17H,6-7,11,14H2,2-3H3. The maximum Gasteiger partial charge on any atom is 0.328 e. The number of imidazole rings is 2. The lowest BCUT2D eigenvalue weighted by Crippen LogP contribution is -2.19.